The second-order valence-corrected chi connectivity index (χ2v) is 9.47. The van der Waals surface area contributed by atoms with Crippen LogP contribution in [0, 0.1) is 13.8 Å². The maximum Gasteiger partial charge on any atom is 0.262 e. The molecule has 0 aromatic heterocycles. The lowest BCUT2D eigenvalue weighted by Crippen LogP contribution is -2.17. The first-order valence-corrected chi connectivity index (χ1v) is 12.0. The Balaban J connectivity index is 1.63. The van der Waals surface area contributed by atoms with E-state index in [2.05, 4.69) is 10.0 Å². The van der Waals surface area contributed by atoms with E-state index < -0.39 is 10.0 Å². The zero-order valence-corrected chi connectivity index (χ0v) is 19.2. The quantitative estimate of drug-likeness (QED) is 0.372. The first-order chi connectivity index (χ1) is 15.8. The van der Waals surface area contributed by atoms with Crippen LogP contribution in [0.5, 0.6) is 0 Å². The molecular formula is C27H24N2O3S. The average molecular weight is 457 g/mol. The van der Waals surface area contributed by atoms with Crippen molar-refractivity contribution in [1.29, 1.82) is 0 Å². The molecule has 0 unspecified atom stereocenters. The van der Waals surface area contributed by atoms with E-state index in [1.165, 1.54) is 6.07 Å². The Morgan fingerprint density at radius 1 is 0.758 bits per heavy atom. The summed E-state index contributed by atoms with van der Waals surface area (Å²) in [5.74, 6) is -0.384. The number of hydrogen-bond donors (Lipinski definition) is 2. The van der Waals surface area contributed by atoms with Crippen molar-refractivity contribution in [1.82, 2.24) is 0 Å². The summed E-state index contributed by atoms with van der Waals surface area (Å²) in [5, 5.41) is 2.93. The Hall–Kier alpha value is -3.90. The molecule has 4 aromatic rings. The summed E-state index contributed by atoms with van der Waals surface area (Å²) >= 11 is 0. The highest BCUT2D eigenvalue weighted by atomic mass is 32.2. The monoisotopic (exact) mass is 456 g/mol. The van der Waals surface area contributed by atoms with Gasteiger partial charge in [-0.15, -0.1) is 0 Å². The van der Waals surface area contributed by atoms with Crippen LogP contribution in [0.2, 0.25) is 0 Å². The lowest BCUT2D eigenvalue weighted by Gasteiger charge is -2.14. The molecule has 1 amide bonds. The van der Waals surface area contributed by atoms with Gasteiger partial charge in [-0.05, 0) is 60.9 Å². The summed E-state index contributed by atoms with van der Waals surface area (Å²) in [5.41, 5.74) is 4.73. The SMILES string of the molecule is Cc1cccc(NS(=O)(=O)c2cc(C(=O)Nc3ccccc3-c3ccccc3)ccc2C)c1. The predicted octanol–water partition coefficient (Wildman–Crippen LogP) is 6.02. The largest absolute Gasteiger partial charge is 0.321 e. The van der Waals surface area contributed by atoms with Crippen molar-refractivity contribution in [3.05, 3.63) is 114 Å². The number of amides is 1. The summed E-state index contributed by atoms with van der Waals surface area (Å²) < 4.78 is 28.7. The van der Waals surface area contributed by atoms with E-state index in [0.717, 1.165) is 16.7 Å². The van der Waals surface area contributed by atoms with E-state index >= 15 is 0 Å². The van der Waals surface area contributed by atoms with Gasteiger partial charge in [-0.2, -0.15) is 0 Å². The van der Waals surface area contributed by atoms with E-state index in [-0.39, 0.29) is 16.4 Å². The molecule has 0 bridgehead atoms. The lowest BCUT2D eigenvalue weighted by molar-refractivity contribution is 0.102. The molecule has 0 aliphatic heterocycles. The Bertz CT molecular complexity index is 1410. The van der Waals surface area contributed by atoms with Crippen LogP contribution in [0.1, 0.15) is 21.5 Å². The van der Waals surface area contributed by atoms with Crippen LogP contribution in [0.4, 0.5) is 11.4 Å². The highest BCUT2D eigenvalue weighted by Crippen LogP contribution is 2.28. The van der Waals surface area contributed by atoms with Crippen molar-refractivity contribution >= 4 is 27.3 Å². The van der Waals surface area contributed by atoms with Gasteiger partial charge in [0.1, 0.15) is 0 Å². The number of hydrogen-bond acceptors (Lipinski definition) is 3. The van der Waals surface area contributed by atoms with Gasteiger partial charge in [-0.1, -0.05) is 66.7 Å². The zero-order chi connectivity index (χ0) is 23.4. The van der Waals surface area contributed by atoms with Crippen molar-refractivity contribution in [2.24, 2.45) is 0 Å². The third-order valence-corrected chi connectivity index (χ3v) is 6.79. The van der Waals surface area contributed by atoms with Crippen molar-refractivity contribution in [3.63, 3.8) is 0 Å². The molecule has 0 fully saturated rings. The van der Waals surface area contributed by atoms with Gasteiger partial charge >= 0.3 is 0 Å². The molecule has 0 aliphatic carbocycles. The average Bonchev–Trinajstić information content (AvgIpc) is 2.80. The molecule has 5 nitrogen and oxygen atoms in total. The number of carbonyl (C=O) groups is 1. The Morgan fingerprint density at radius 3 is 2.24 bits per heavy atom. The number of benzene rings is 4. The molecule has 0 saturated heterocycles. The molecule has 33 heavy (non-hydrogen) atoms. The number of sulfonamides is 1. The van der Waals surface area contributed by atoms with Crippen LogP contribution in [-0.4, -0.2) is 14.3 Å². The van der Waals surface area contributed by atoms with Crippen LogP contribution in [0.15, 0.2) is 102 Å². The minimum absolute atomic E-state index is 0.0630. The highest BCUT2D eigenvalue weighted by Gasteiger charge is 2.20. The second-order valence-electron chi connectivity index (χ2n) is 7.82. The maximum absolute atomic E-state index is 13.1. The Labute approximate surface area is 194 Å². The van der Waals surface area contributed by atoms with Crippen LogP contribution in [-0.2, 0) is 10.0 Å². The minimum atomic E-state index is -3.87. The topological polar surface area (TPSA) is 75.3 Å². The van der Waals surface area contributed by atoms with Crippen LogP contribution in [0.3, 0.4) is 0 Å². The summed E-state index contributed by atoms with van der Waals surface area (Å²) in [6.07, 6.45) is 0. The molecule has 0 spiro atoms. The molecular weight excluding hydrogens is 432 g/mol. The van der Waals surface area contributed by atoms with Gasteiger partial charge in [-0.3, -0.25) is 9.52 Å². The molecule has 0 heterocycles. The number of carbonyl (C=O) groups excluding carboxylic acids is 1. The van der Waals surface area contributed by atoms with Crippen molar-refractivity contribution in [2.75, 3.05) is 10.0 Å². The molecule has 0 saturated carbocycles. The van der Waals surface area contributed by atoms with Gasteiger partial charge in [-0.25, -0.2) is 8.42 Å². The normalized spacial score (nSPS) is 11.1. The summed E-state index contributed by atoms with van der Waals surface area (Å²) in [4.78, 5) is 13.1. The van der Waals surface area contributed by atoms with Gasteiger partial charge in [0.25, 0.3) is 15.9 Å². The van der Waals surface area contributed by atoms with Crippen molar-refractivity contribution < 1.29 is 13.2 Å². The van der Waals surface area contributed by atoms with Gasteiger partial charge in [0.2, 0.25) is 0 Å². The highest BCUT2D eigenvalue weighted by molar-refractivity contribution is 7.92. The number of para-hydroxylation sites is 1. The minimum Gasteiger partial charge on any atom is -0.321 e. The fourth-order valence-electron chi connectivity index (χ4n) is 3.61. The first kappa shape index (κ1) is 22.3. The van der Waals surface area contributed by atoms with E-state index in [4.69, 9.17) is 0 Å². The smallest absolute Gasteiger partial charge is 0.262 e. The summed E-state index contributed by atoms with van der Waals surface area (Å²) in [6, 6.07) is 29.1. The van der Waals surface area contributed by atoms with Crippen molar-refractivity contribution in [2.45, 2.75) is 18.7 Å². The van der Waals surface area contributed by atoms with E-state index in [9.17, 15) is 13.2 Å². The zero-order valence-electron chi connectivity index (χ0n) is 18.4. The van der Waals surface area contributed by atoms with Crippen molar-refractivity contribution in [3.8, 4) is 11.1 Å². The third kappa shape index (κ3) is 5.13. The summed E-state index contributed by atoms with van der Waals surface area (Å²) in [7, 11) is -3.87. The van der Waals surface area contributed by atoms with Crippen LogP contribution < -0.4 is 10.0 Å². The summed E-state index contributed by atoms with van der Waals surface area (Å²) in [6.45, 7) is 3.60. The van der Waals surface area contributed by atoms with Gasteiger partial charge in [0, 0.05) is 22.5 Å². The maximum atomic E-state index is 13.1. The van der Waals surface area contributed by atoms with Gasteiger partial charge < -0.3 is 5.32 Å². The lowest BCUT2D eigenvalue weighted by atomic mass is 10.0. The molecule has 0 atom stereocenters. The fourth-order valence-corrected chi connectivity index (χ4v) is 4.93. The first-order valence-electron chi connectivity index (χ1n) is 10.5. The van der Waals surface area contributed by atoms with Gasteiger partial charge in [0.05, 0.1) is 4.90 Å². The number of nitrogens with one attached hydrogen (secondary N) is 2. The van der Waals surface area contributed by atoms with Crippen LogP contribution in [0.25, 0.3) is 11.1 Å². The van der Waals surface area contributed by atoms with E-state index in [1.54, 1.807) is 37.3 Å². The Morgan fingerprint density at radius 2 is 1.48 bits per heavy atom. The molecule has 2 N–H and O–H groups in total. The van der Waals surface area contributed by atoms with Crippen LogP contribution >= 0.6 is 0 Å². The molecule has 6 heteroatoms. The molecule has 0 radical (unpaired) electrons. The molecule has 166 valence electrons. The number of anilines is 2. The van der Waals surface area contributed by atoms with Gasteiger partial charge in [0.15, 0.2) is 0 Å². The number of rotatable bonds is 6. The standard InChI is InChI=1S/C27H24N2O3S/c1-19-9-8-12-23(17-19)29-33(31,32)26-18-22(16-15-20(26)2)27(30)28-25-14-7-6-13-24(25)21-10-4-3-5-11-21/h3-18,29H,1-2H3,(H,28,30). The third-order valence-electron chi connectivity index (χ3n) is 5.27. The number of aryl methyl sites for hydroxylation is 2. The van der Waals surface area contributed by atoms with E-state index in [1.807, 2.05) is 67.6 Å². The Kier molecular flexibility index (Phi) is 6.29. The molecule has 4 rings (SSSR count). The fraction of sp³-hybridized carbons (Fsp3) is 0.0741. The molecule has 4 aromatic carbocycles. The second kappa shape index (κ2) is 9.30. The predicted molar refractivity (Wildman–Crippen MR) is 133 cm³/mol. The molecule has 0 aliphatic rings. The van der Waals surface area contributed by atoms with E-state index in [0.29, 0.717) is 16.9 Å².